The van der Waals surface area contributed by atoms with Crippen LogP contribution < -0.4 is 5.32 Å². The van der Waals surface area contributed by atoms with Crippen molar-refractivity contribution in [1.82, 2.24) is 9.27 Å². The summed E-state index contributed by atoms with van der Waals surface area (Å²) in [6, 6.07) is 2.24. The van der Waals surface area contributed by atoms with E-state index < -0.39 is 0 Å². The van der Waals surface area contributed by atoms with Crippen molar-refractivity contribution in [2.75, 3.05) is 11.9 Å². The molecule has 0 bridgehead atoms. The van der Waals surface area contributed by atoms with Gasteiger partial charge in [-0.3, -0.25) is 9.59 Å². The molecule has 1 N–H and O–H groups in total. The van der Waals surface area contributed by atoms with Crippen molar-refractivity contribution in [3.8, 4) is 0 Å². The Morgan fingerprint density at radius 3 is 2.81 bits per heavy atom. The van der Waals surface area contributed by atoms with Crippen LogP contribution in [0.15, 0.2) is 6.07 Å². The van der Waals surface area contributed by atoms with Gasteiger partial charge in [-0.05, 0) is 43.8 Å². The second-order valence-corrected chi connectivity index (χ2v) is 6.85. The number of hydrogen-bond donors (Lipinski definition) is 1. The van der Waals surface area contributed by atoms with E-state index in [-0.39, 0.29) is 17.7 Å². The van der Waals surface area contributed by atoms with E-state index in [1.165, 1.54) is 24.4 Å². The Bertz CT molecular complexity index is 537. The van der Waals surface area contributed by atoms with E-state index in [1.807, 2.05) is 17.9 Å². The number of carbonyl (C=O) groups excluding carboxylic acids is 2. The molecule has 1 saturated heterocycles. The first-order chi connectivity index (χ1) is 10.1. The predicted molar refractivity (Wildman–Crippen MR) is 82.2 cm³/mol. The van der Waals surface area contributed by atoms with Gasteiger partial charge in [0.25, 0.3) is 0 Å². The lowest BCUT2D eigenvalue weighted by molar-refractivity contribution is -0.139. The first-order valence-electron chi connectivity index (χ1n) is 7.67. The van der Waals surface area contributed by atoms with Crippen molar-refractivity contribution in [2.24, 2.45) is 5.92 Å². The Labute approximate surface area is 128 Å². The molecule has 1 aliphatic carbocycles. The van der Waals surface area contributed by atoms with Crippen LogP contribution in [0.2, 0.25) is 0 Å². The van der Waals surface area contributed by atoms with Gasteiger partial charge < -0.3 is 10.2 Å². The molecule has 0 spiro atoms. The number of piperidine rings is 1. The SMILES string of the molecule is Cc1cc(NC(=O)C2CCC(=O)N(C3CCCC3)C2)sn1. The molecular formula is C15H21N3O2S. The molecule has 2 fully saturated rings. The van der Waals surface area contributed by atoms with E-state index in [0.29, 0.717) is 25.4 Å². The fraction of sp³-hybridized carbons (Fsp3) is 0.667. The van der Waals surface area contributed by atoms with Gasteiger partial charge in [0, 0.05) is 19.0 Å². The summed E-state index contributed by atoms with van der Waals surface area (Å²) in [6.07, 6.45) is 5.74. The van der Waals surface area contributed by atoms with Gasteiger partial charge in [-0.15, -0.1) is 0 Å². The Kier molecular flexibility index (Phi) is 4.24. The van der Waals surface area contributed by atoms with Gasteiger partial charge >= 0.3 is 0 Å². The standard InChI is InChI=1S/C15H21N3O2S/c1-10-8-13(21-17-10)16-15(20)11-6-7-14(19)18(9-11)12-4-2-3-5-12/h8,11-12H,2-7,9H2,1H3,(H,16,20). The van der Waals surface area contributed by atoms with Crippen LogP contribution in [0.3, 0.4) is 0 Å². The smallest absolute Gasteiger partial charge is 0.229 e. The predicted octanol–water partition coefficient (Wildman–Crippen LogP) is 2.57. The van der Waals surface area contributed by atoms with Crippen molar-refractivity contribution < 1.29 is 9.59 Å². The summed E-state index contributed by atoms with van der Waals surface area (Å²) >= 11 is 1.31. The zero-order valence-corrected chi connectivity index (χ0v) is 13.1. The lowest BCUT2D eigenvalue weighted by atomic mass is 9.95. The minimum atomic E-state index is -0.0919. The van der Waals surface area contributed by atoms with Gasteiger partial charge in [0.2, 0.25) is 11.8 Å². The highest BCUT2D eigenvalue weighted by atomic mass is 32.1. The molecule has 1 saturated carbocycles. The number of anilines is 1. The lowest BCUT2D eigenvalue weighted by Crippen LogP contribution is -2.48. The summed E-state index contributed by atoms with van der Waals surface area (Å²) in [5, 5.41) is 3.73. The summed E-state index contributed by atoms with van der Waals surface area (Å²) in [7, 11) is 0. The number of likely N-dealkylation sites (tertiary alicyclic amines) is 1. The molecule has 2 amide bonds. The molecule has 1 aromatic rings. The van der Waals surface area contributed by atoms with Crippen LogP contribution in [-0.4, -0.2) is 33.7 Å². The number of nitrogens with zero attached hydrogens (tertiary/aromatic N) is 2. The average Bonchev–Trinajstić information content (AvgIpc) is 3.11. The third kappa shape index (κ3) is 3.26. The molecule has 2 heterocycles. The summed E-state index contributed by atoms with van der Waals surface area (Å²) in [6.45, 7) is 2.49. The number of hydrogen-bond acceptors (Lipinski definition) is 4. The molecular weight excluding hydrogens is 286 g/mol. The molecule has 1 unspecified atom stereocenters. The van der Waals surface area contributed by atoms with Crippen LogP contribution in [-0.2, 0) is 9.59 Å². The number of nitrogens with one attached hydrogen (secondary N) is 1. The number of amides is 2. The third-order valence-electron chi connectivity index (χ3n) is 4.45. The normalized spacial score (nSPS) is 23.6. The largest absolute Gasteiger partial charge is 0.339 e. The molecule has 6 heteroatoms. The quantitative estimate of drug-likeness (QED) is 0.933. The van der Waals surface area contributed by atoms with Crippen LogP contribution in [0.4, 0.5) is 5.00 Å². The van der Waals surface area contributed by atoms with Crippen LogP contribution in [0.1, 0.15) is 44.2 Å². The monoisotopic (exact) mass is 307 g/mol. The Balaban J connectivity index is 1.62. The lowest BCUT2D eigenvalue weighted by Gasteiger charge is -2.36. The fourth-order valence-corrected chi connectivity index (χ4v) is 3.97. The maximum Gasteiger partial charge on any atom is 0.229 e. The summed E-state index contributed by atoms with van der Waals surface area (Å²) in [5.74, 6) is 0.152. The van der Waals surface area contributed by atoms with E-state index in [1.54, 1.807) is 0 Å². The minimum Gasteiger partial charge on any atom is -0.339 e. The van der Waals surface area contributed by atoms with Crippen molar-refractivity contribution in [3.05, 3.63) is 11.8 Å². The van der Waals surface area contributed by atoms with Gasteiger partial charge in [0.1, 0.15) is 5.00 Å². The molecule has 1 aliphatic heterocycles. The molecule has 5 nitrogen and oxygen atoms in total. The third-order valence-corrected chi connectivity index (χ3v) is 5.25. The number of carbonyl (C=O) groups is 2. The first kappa shape index (κ1) is 14.5. The maximum absolute atomic E-state index is 12.4. The van der Waals surface area contributed by atoms with Gasteiger partial charge in [-0.1, -0.05) is 12.8 Å². The summed E-state index contributed by atoms with van der Waals surface area (Å²) < 4.78 is 4.17. The highest BCUT2D eigenvalue weighted by Crippen LogP contribution is 2.29. The van der Waals surface area contributed by atoms with Crippen LogP contribution in [0, 0.1) is 12.8 Å². The molecule has 1 atom stereocenters. The molecule has 0 radical (unpaired) electrons. The van der Waals surface area contributed by atoms with Crippen LogP contribution in [0.5, 0.6) is 0 Å². The molecule has 114 valence electrons. The zero-order valence-electron chi connectivity index (χ0n) is 12.3. The average molecular weight is 307 g/mol. The summed E-state index contributed by atoms with van der Waals surface area (Å²) in [4.78, 5) is 26.4. The van der Waals surface area contributed by atoms with Gasteiger partial charge in [-0.25, -0.2) is 0 Å². The van der Waals surface area contributed by atoms with Crippen molar-refractivity contribution in [3.63, 3.8) is 0 Å². The van der Waals surface area contributed by atoms with Crippen molar-refractivity contribution in [2.45, 2.75) is 51.5 Å². The Hall–Kier alpha value is -1.43. The zero-order chi connectivity index (χ0) is 14.8. The van der Waals surface area contributed by atoms with E-state index in [2.05, 4.69) is 9.69 Å². The highest BCUT2D eigenvalue weighted by molar-refractivity contribution is 7.10. The number of aryl methyl sites for hydroxylation is 1. The highest BCUT2D eigenvalue weighted by Gasteiger charge is 2.35. The first-order valence-corrected chi connectivity index (χ1v) is 8.44. The van der Waals surface area contributed by atoms with E-state index in [4.69, 9.17) is 0 Å². The fourth-order valence-electron chi connectivity index (χ4n) is 3.30. The minimum absolute atomic E-state index is 0.0224. The molecule has 0 aromatic carbocycles. The molecule has 3 rings (SSSR count). The van der Waals surface area contributed by atoms with Crippen LogP contribution in [0.25, 0.3) is 0 Å². The van der Waals surface area contributed by atoms with E-state index in [0.717, 1.165) is 23.5 Å². The molecule has 2 aliphatic rings. The second kappa shape index (κ2) is 6.13. The topological polar surface area (TPSA) is 62.3 Å². The van der Waals surface area contributed by atoms with Gasteiger partial charge in [-0.2, -0.15) is 4.37 Å². The number of rotatable bonds is 3. The summed E-state index contributed by atoms with van der Waals surface area (Å²) in [5.41, 5.74) is 0.918. The van der Waals surface area contributed by atoms with Gasteiger partial charge in [0.15, 0.2) is 0 Å². The van der Waals surface area contributed by atoms with Crippen molar-refractivity contribution >= 4 is 28.3 Å². The van der Waals surface area contributed by atoms with E-state index >= 15 is 0 Å². The maximum atomic E-state index is 12.4. The van der Waals surface area contributed by atoms with Crippen LogP contribution >= 0.6 is 11.5 Å². The Morgan fingerprint density at radius 2 is 2.14 bits per heavy atom. The van der Waals surface area contributed by atoms with Gasteiger partial charge in [0.05, 0.1) is 11.6 Å². The molecule has 21 heavy (non-hydrogen) atoms. The second-order valence-electron chi connectivity index (χ2n) is 6.04. The number of aromatic nitrogens is 1. The van der Waals surface area contributed by atoms with E-state index in [9.17, 15) is 9.59 Å². The molecule has 1 aromatic heterocycles. The Morgan fingerprint density at radius 1 is 1.38 bits per heavy atom. The van der Waals surface area contributed by atoms with Crippen molar-refractivity contribution in [1.29, 1.82) is 0 Å².